The van der Waals surface area contributed by atoms with Crippen LogP contribution in [-0.4, -0.2) is 22.0 Å². The summed E-state index contributed by atoms with van der Waals surface area (Å²) in [6.45, 7) is 1.62. The molecule has 0 aromatic carbocycles. The van der Waals surface area contributed by atoms with Crippen molar-refractivity contribution in [3.05, 3.63) is 10.6 Å². The summed E-state index contributed by atoms with van der Waals surface area (Å²) >= 11 is 1.00. The average Bonchev–Trinajstić information content (AvgIpc) is 2.89. The first-order valence-corrected chi connectivity index (χ1v) is 5.88. The number of hydrogen-bond donors (Lipinski definition) is 2. The molecule has 1 aliphatic rings. The number of aryl methyl sites for hydroxylation is 1. The number of rotatable bonds is 4. The second-order valence-corrected chi connectivity index (χ2v) is 4.93. The Hall–Kier alpha value is -1.43. The van der Waals surface area contributed by atoms with Crippen LogP contribution in [0.5, 0.6) is 0 Å². The molecule has 1 aromatic rings. The topological polar surface area (TPSA) is 79.3 Å². The van der Waals surface area contributed by atoms with Crippen LogP contribution >= 0.6 is 11.3 Å². The van der Waals surface area contributed by atoms with Gasteiger partial charge in [-0.2, -0.15) is 0 Å². The smallest absolute Gasteiger partial charge is 0.347 e. The van der Waals surface area contributed by atoms with Crippen LogP contribution in [0.1, 0.15) is 34.6 Å². The standard InChI is InChI=1S/C10H12N2O3S/c1-5-8(9(14)15)16-10(11-5)12-7(13)4-6-2-3-6/h6H,2-4H2,1H3,(H,14,15)(H,11,12,13). The highest BCUT2D eigenvalue weighted by Crippen LogP contribution is 2.32. The molecule has 5 nitrogen and oxygen atoms in total. The van der Waals surface area contributed by atoms with Crippen LogP contribution in [0, 0.1) is 12.8 Å². The second kappa shape index (κ2) is 4.21. The van der Waals surface area contributed by atoms with Gasteiger partial charge in [0, 0.05) is 6.42 Å². The molecule has 1 heterocycles. The number of hydrogen-bond acceptors (Lipinski definition) is 4. The van der Waals surface area contributed by atoms with Gasteiger partial charge in [-0.25, -0.2) is 9.78 Å². The van der Waals surface area contributed by atoms with Crippen molar-refractivity contribution in [3.63, 3.8) is 0 Å². The van der Waals surface area contributed by atoms with Gasteiger partial charge in [0.2, 0.25) is 5.91 Å². The van der Waals surface area contributed by atoms with E-state index in [4.69, 9.17) is 5.11 Å². The summed E-state index contributed by atoms with van der Waals surface area (Å²) in [6.07, 6.45) is 2.75. The quantitative estimate of drug-likeness (QED) is 0.842. The number of carboxylic acids is 1. The number of nitrogens with zero attached hydrogens (tertiary/aromatic N) is 1. The van der Waals surface area contributed by atoms with Gasteiger partial charge < -0.3 is 10.4 Å². The van der Waals surface area contributed by atoms with Gasteiger partial charge in [0.05, 0.1) is 5.69 Å². The highest BCUT2D eigenvalue weighted by molar-refractivity contribution is 7.17. The lowest BCUT2D eigenvalue weighted by atomic mass is 10.3. The van der Waals surface area contributed by atoms with Gasteiger partial charge >= 0.3 is 5.97 Å². The molecule has 2 N–H and O–H groups in total. The predicted octanol–water partition coefficient (Wildman–Crippen LogP) is 1.89. The predicted molar refractivity (Wildman–Crippen MR) is 59.8 cm³/mol. The van der Waals surface area contributed by atoms with E-state index in [0.29, 0.717) is 23.2 Å². The maximum Gasteiger partial charge on any atom is 0.347 e. The van der Waals surface area contributed by atoms with E-state index in [1.807, 2.05) is 0 Å². The van der Waals surface area contributed by atoms with Crippen molar-refractivity contribution in [2.45, 2.75) is 26.2 Å². The molecular weight excluding hydrogens is 228 g/mol. The number of amides is 1. The normalized spacial score (nSPS) is 14.8. The molecule has 0 aliphatic heterocycles. The van der Waals surface area contributed by atoms with Crippen molar-refractivity contribution in [2.75, 3.05) is 5.32 Å². The van der Waals surface area contributed by atoms with Crippen LogP contribution < -0.4 is 5.32 Å². The van der Waals surface area contributed by atoms with Crippen LogP contribution in [0.25, 0.3) is 0 Å². The third-order valence-electron chi connectivity index (χ3n) is 2.41. The molecule has 1 amide bonds. The van der Waals surface area contributed by atoms with E-state index in [1.54, 1.807) is 6.92 Å². The summed E-state index contributed by atoms with van der Waals surface area (Å²) in [7, 11) is 0. The zero-order chi connectivity index (χ0) is 11.7. The maximum atomic E-state index is 11.5. The third-order valence-corrected chi connectivity index (χ3v) is 3.47. The zero-order valence-corrected chi connectivity index (χ0v) is 9.63. The average molecular weight is 240 g/mol. The zero-order valence-electron chi connectivity index (χ0n) is 8.82. The minimum absolute atomic E-state index is 0.0758. The van der Waals surface area contributed by atoms with Gasteiger partial charge in [-0.05, 0) is 25.7 Å². The summed E-state index contributed by atoms with van der Waals surface area (Å²) in [6, 6.07) is 0. The fourth-order valence-electron chi connectivity index (χ4n) is 1.40. The van der Waals surface area contributed by atoms with E-state index in [0.717, 1.165) is 24.2 Å². The third kappa shape index (κ3) is 2.57. The summed E-state index contributed by atoms with van der Waals surface area (Å²) in [5, 5.41) is 11.8. The number of nitrogens with one attached hydrogen (secondary N) is 1. The Balaban J connectivity index is 2.00. The largest absolute Gasteiger partial charge is 0.477 e. The number of thiazole rings is 1. The Morgan fingerprint density at radius 2 is 2.25 bits per heavy atom. The lowest BCUT2D eigenvalue weighted by Gasteiger charge is -1.98. The van der Waals surface area contributed by atoms with Crippen molar-refractivity contribution in [1.82, 2.24) is 4.98 Å². The van der Waals surface area contributed by atoms with Gasteiger partial charge in [0.1, 0.15) is 4.88 Å². The number of anilines is 1. The summed E-state index contributed by atoms with van der Waals surface area (Å²) in [4.78, 5) is 26.4. The van der Waals surface area contributed by atoms with E-state index in [1.165, 1.54) is 0 Å². The first kappa shape index (κ1) is 11.1. The molecule has 0 spiro atoms. The Kier molecular flexibility index (Phi) is 2.91. The van der Waals surface area contributed by atoms with E-state index < -0.39 is 5.97 Å². The molecule has 0 atom stereocenters. The van der Waals surface area contributed by atoms with Crippen molar-refractivity contribution in [2.24, 2.45) is 5.92 Å². The molecule has 16 heavy (non-hydrogen) atoms. The van der Waals surface area contributed by atoms with Gasteiger partial charge in [-0.15, -0.1) is 0 Å². The lowest BCUT2D eigenvalue weighted by Crippen LogP contribution is -2.11. The SMILES string of the molecule is Cc1nc(NC(=O)CC2CC2)sc1C(=O)O. The highest BCUT2D eigenvalue weighted by atomic mass is 32.1. The van der Waals surface area contributed by atoms with E-state index >= 15 is 0 Å². The Bertz CT molecular complexity index is 437. The minimum Gasteiger partial charge on any atom is -0.477 e. The number of carboxylic acid groups (broad SMARTS) is 1. The first-order valence-electron chi connectivity index (χ1n) is 5.07. The van der Waals surface area contributed by atoms with Crippen molar-refractivity contribution in [1.29, 1.82) is 0 Å². The molecule has 0 unspecified atom stereocenters. The fourth-order valence-corrected chi connectivity index (χ4v) is 2.22. The number of aromatic carboxylic acids is 1. The van der Waals surface area contributed by atoms with Crippen molar-refractivity contribution >= 4 is 28.3 Å². The molecule has 1 saturated carbocycles. The Morgan fingerprint density at radius 3 is 2.75 bits per heavy atom. The number of aromatic nitrogens is 1. The maximum absolute atomic E-state index is 11.5. The van der Waals surface area contributed by atoms with Gasteiger partial charge in [0.25, 0.3) is 0 Å². The molecule has 6 heteroatoms. The lowest BCUT2D eigenvalue weighted by molar-refractivity contribution is -0.116. The van der Waals surface area contributed by atoms with Gasteiger partial charge in [-0.1, -0.05) is 11.3 Å². The molecule has 0 saturated heterocycles. The first-order chi connectivity index (χ1) is 7.56. The van der Waals surface area contributed by atoms with Gasteiger partial charge in [-0.3, -0.25) is 4.79 Å². The van der Waals surface area contributed by atoms with E-state index in [-0.39, 0.29) is 10.8 Å². The fraction of sp³-hybridized carbons (Fsp3) is 0.500. The molecule has 0 radical (unpaired) electrons. The molecule has 1 aromatic heterocycles. The molecule has 2 rings (SSSR count). The molecule has 0 bridgehead atoms. The summed E-state index contributed by atoms with van der Waals surface area (Å²) in [5.74, 6) is -0.564. The van der Waals surface area contributed by atoms with Crippen LogP contribution in [0.4, 0.5) is 5.13 Å². The molecule has 1 fully saturated rings. The van der Waals surface area contributed by atoms with E-state index in [9.17, 15) is 9.59 Å². The van der Waals surface area contributed by atoms with Crippen LogP contribution in [-0.2, 0) is 4.79 Å². The number of carbonyl (C=O) groups excluding carboxylic acids is 1. The molecular formula is C10H12N2O3S. The second-order valence-electron chi connectivity index (χ2n) is 3.93. The van der Waals surface area contributed by atoms with Crippen molar-refractivity contribution < 1.29 is 14.7 Å². The van der Waals surface area contributed by atoms with Gasteiger partial charge in [0.15, 0.2) is 5.13 Å². The Labute approximate surface area is 96.5 Å². The summed E-state index contributed by atoms with van der Waals surface area (Å²) < 4.78 is 0. The minimum atomic E-state index is -1.00. The molecule has 1 aliphatic carbocycles. The number of carbonyl (C=O) groups is 2. The van der Waals surface area contributed by atoms with Crippen LogP contribution in [0.15, 0.2) is 0 Å². The van der Waals surface area contributed by atoms with Crippen molar-refractivity contribution in [3.8, 4) is 0 Å². The van der Waals surface area contributed by atoms with Crippen LogP contribution in [0.2, 0.25) is 0 Å². The summed E-state index contributed by atoms with van der Waals surface area (Å²) in [5.41, 5.74) is 0.444. The van der Waals surface area contributed by atoms with E-state index in [2.05, 4.69) is 10.3 Å². The monoisotopic (exact) mass is 240 g/mol. The highest BCUT2D eigenvalue weighted by Gasteiger charge is 2.25. The van der Waals surface area contributed by atoms with Crippen LogP contribution in [0.3, 0.4) is 0 Å². The Morgan fingerprint density at radius 1 is 1.56 bits per heavy atom. The molecule has 86 valence electrons.